The summed E-state index contributed by atoms with van der Waals surface area (Å²) in [7, 11) is 0. The van der Waals surface area contributed by atoms with Gasteiger partial charge in [-0.3, -0.25) is 4.79 Å². The number of ether oxygens (including phenoxy) is 1. The van der Waals surface area contributed by atoms with Gasteiger partial charge in [0, 0.05) is 24.0 Å². The predicted octanol–water partition coefficient (Wildman–Crippen LogP) is 8.85. The van der Waals surface area contributed by atoms with E-state index in [1.807, 2.05) is 98.2 Å². The predicted molar refractivity (Wildman–Crippen MR) is 203 cm³/mol. The Kier molecular flexibility index (Phi) is 9.27. The van der Waals surface area contributed by atoms with Crippen LogP contribution < -0.4 is 11.1 Å². The summed E-state index contributed by atoms with van der Waals surface area (Å²) < 4.78 is 23.0. The highest BCUT2D eigenvalue weighted by molar-refractivity contribution is 6.02. The minimum absolute atomic E-state index is 0.0462. The lowest BCUT2D eigenvalue weighted by molar-refractivity contribution is -0.121. The number of amides is 2. The zero-order valence-corrected chi connectivity index (χ0v) is 29.6. The van der Waals surface area contributed by atoms with Gasteiger partial charge in [0.15, 0.2) is 11.6 Å². The Bertz CT molecular complexity index is 2120. The van der Waals surface area contributed by atoms with Gasteiger partial charge in [0.25, 0.3) is 0 Å². The Labute approximate surface area is 303 Å². The molecular formula is C43H42FN5O3. The van der Waals surface area contributed by atoms with Gasteiger partial charge in [0.2, 0.25) is 5.91 Å². The van der Waals surface area contributed by atoms with Gasteiger partial charge in [-0.2, -0.15) is 5.10 Å². The molecule has 2 heterocycles. The zero-order valence-electron chi connectivity index (χ0n) is 29.6. The molecule has 0 radical (unpaired) electrons. The van der Waals surface area contributed by atoms with Crippen molar-refractivity contribution in [1.29, 1.82) is 0 Å². The van der Waals surface area contributed by atoms with Crippen LogP contribution in [0.25, 0.3) is 22.0 Å². The second-order valence-electron chi connectivity index (χ2n) is 14.3. The highest BCUT2D eigenvalue weighted by Crippen LogP contribution is 2.44. The van der Waals surface area contributed by atoms with Crippen molar-refractivity contribution < 1.29 is 18.7 Å². The third kappa shape index (κ3) is 6.50. The smallest absolute Gasteiger partial charge is 0.410 e. The number of fused-ring (bicyclic) bond motifs is 1. The van der Waals surface area contributed by atoms with Crippen molar-refractivity contribution in [1.82, 2.24) is 14.7 Å². The first-order valence-corrected chi connectivity index (χ1v) is 17.6. The first kappa shape index (κ1) is 34.5. The van der Waals surface area contributed by atoms with Gasteiger partial charge < -0.3 is 20.7 Å². The van der Waals surface area contributed by atoms with Crippen molar-refractivity contribution in [3.63, 3.8) is 0 Å². The first-order chi connectivity index (χ1) is 25.1. The van der Waals surface area contributed by atoms with Crippen LogP contribution in [-0.4, -0.2) is 45.4 Å². The summed E-state index contributed by atoms with van der Waals surface area (Å²) in [5.41, 5.74) is 8.93. The molecule has 1 atom stereocenters. The van der Waals surface area contributed by atoms with Gasteiger partial charge in [-0.15, -0.1) is 0 Å². The van der Waals surface area contributed by atoms with Crippen LogP contribution in [0.15, 0.2) is 127 Å². The van der Waals surface area contributed by atoms with E-state index >= 15 is 4.39 Å². The van der Waals surface area contributed by atoms with Crippen LogP contribution in [0.2, 0.25) is 0 Å². The Hall–Kier alpha value is -5.96. The molecule has 1 unspecified atom stereocenters. The molecule has 1 aliphatic rings. The lowest BCUT2D eigenvalue weighted by Gasteiger charge is -2.37. The Balaban J connectivity index is 1.42. The summed E-state index contributed by atoms with van der Waals surface area (Å²) in [4.78, 5) is 28.7. The Morgan fingerprint density at radius 3 is 2.00 bits per heavy atom. The zero-order chi connectivity index (χ0) is 36.5. The largest absolute Gasteiger partial charge is 0.444 e. The van der Waals surface area contributed by atoms with Gasteiger partial charge in [0.1, 0.15) is 11.1 Å². The fourth-order valence-electron chi connectivity index (χ4n) is 7.21. The maximum atomic E-state index is 15.4. The number of likely N-dealkylation sites (tertiary alicyclic amines) is 1. The molecule has 9 heteroatoms. The third-order valence-corrected chi connectivity index (χ3v) is 9.60. The fourth-order valence-corrected chi connectivity index (χ4v) is 7.21. The number of benzene rings is 5. The SMILES string of the molecule is CC(C)(C)OC(=O)N1CCCC(C(=O)Nc2nn(C(c3ccccc3)(c3ccccc3)c3ccccc3)c3ccc(-c4cccc(N)c4F)cc23)C1. The van der Waals surface area contributed by atoms with Crippen LogP contribution in [0.3, 0.4) is 0 Å². The van der Waals surface area contributed by atoms with Gasteiger partial charge in [-0.25, -0.2) is 13.9 Å². The maximum absolute atomic E-state index is 15.4. The number of piperidine rings is 1. The van der Waals surface area contributed by atoms with Crippen LogP contribution in [-0.2, 0) is 15.1 Å². The summed E-state index contributed by atoms with van der Waals surface area (Å²) in [5.74, 6) is -0.938. The number of nitrogens with zero attached hydrogens (tertiary/aromatic N) is 3. The average Bonchev–Trinajstić information content (AvgIpc) is 3.51. The highest BCUT2D eigenvalue weighted by atomic mass is 19.1. The molecule has 52 heavy (non-hydrogen) atoms. The first-order valence-electron chi connectivity index (χ1n) is 17.6. The molecule has 5 aromatic carbocycles. The highest BCUT2D eigenvalue weighted by Gasteiger charge is 2.41. The van der Waals surface area contributed by atoms with Crippen LogP contribution in [0, 0.1) is 11.7 Å². The third-order valence-electron chi connectivity index (χ3n) is 9.60. The molecule has 0 aliphatic carbocycles. The quantitative estimate of drug-likeness (QED) is 0.128. The lowest BCUT2D eigenvalue weighted by Crippen LogP contribution is -2.45. The second kappa shape index (κ2) is 14.0. The Morgan fingerprint density at radius 2 is 1.42 bits per heavy atom. The van der Waals surface area contributed by atoms with E-state index < -0.39 is 29.0 Å². The number of rotatable bonds is 7. The van der Waals surface area contributed by atoms with E-state index in [4.69, 9.17) is 15.6 Å². The Morgan fingerprint density at radius 1 is 0.827 bits per heavy atom. The number of nitrogens with one attached hydrogen (secondary N) is 1. The summed E-state index contributed by atoms with van der Waals surface area (Å²) in [6.45, 7) is 6.21. The molecule has 1 aliphatic heterocycles. The van der Waals surface area contributed by atoms with E-state index in [1.54, 1.807) is 17.0 Å². The fraction of sp³-hybridized carbons (Fsp3) is 0.233. The minimum atomic E-state index is -0.979. The molecule has 6 aromatic rings. The molecule has 0 saturated carbocycles. The summed E-state index contributed by atoms with van der Waals surface area (Å²) >= 11 is 0. The van der Waals surface area contributed by atoms with Crippen molar-refractivity contribution in [2.24, 2.45) is 5.92 Å². The number of aromatic nitrogens is 2. The summed E-state index contributed by atoms with van der Waals surface area (Å²) in [6.07, 6.45) is 0.822. The monoisotopic (exact) mass is 695 g/mol. The molecule has 8 nitrogen and oxygen atoms in total. The van der Waals surface area contributed by atoms with Gasteiger partial charge in [0.05, 0.1) is 17.1 Å². The second-order valence-corrected chi connectivity index (χ2v) is 14.3. The topological polar surface area (TPSA) is 102 Å². The number of hydrogen-bond acceptors (Lipinski definition) is 5. The van der Waals surface area contributed by atoms with E-state index in [1.165, 1.54) is 6.07 Å². The lowest BCUT2D eigenvalue weighted by atomic mass is 9.77. The molecule has 0 bridgehead atoms. The number of hydrogen-bond donors (Lipinski definition) is 2. The van der Waals surface area contributed by atoms with Crippen molar-refractivity contribution >= 4 is 34.4 Å². The summed E-state index contributed by atoms with van der Waals surface area (Å²) in [5, 5.41) is 9.03. The average molecular weight is 696 g/mol. The maximum Gasteiger partial charge on any atom is 0.410 e. The molecule has 1 saturated heterocycles. The summed E-state index contributed by atoms with van der Waals surface area (Å²) in [6, 6.07) is 41.0. The molecule has 1 fully saturated rings. The number of nitrogens with two attached hydrogens (primary N) is 1. The van der Waals surface area contributed by atoms with Crippen LogP contribution in [0.4, 0.5) is 20.7 Å². The van der Waals surface area contributed by atoms with Crippen molar-refractivity contribution in [2.45, 2.75) is 44.8 Å². The van der Waals surface area contributed by atoms with Gasteiger partial charge in [-0.05, 0) is 74.1 Å². The molecular weight excluding hydrogens is 654 g/mol. The number of halogens is 1. The van der Waals surface area contributed by atoms with Crippen LogP contribution in [0.1, 0.15) is 50.3 Å². The molecule has 264 valence electrons. The van der Waals surface area contributed by atoms with Crippen molar-refractivity contribution in [3.05, 3.63) is 150 Å². The van der Waals surface area contributed by atoms with Crippen LogP contribution in [0.5, 0.6) is 0 Å². The molecule has 2 amide bonds. The van der Waals surface area contributed by atoms with Crippen molar-refractivity contribution in [3.8, 4) is 11.1 Å². The van der Waals surface area contributed by atoms with Gasteiger partial charge >= 0.3 is 6.09 Å². The normalized spacial score (nSPS) is 15.0. The molecule has 0 spiro atoms. The van der Waals surface area contributed by atoms with E-state index in [0.29, 0.717) is 41.7 Å². The van der Waals surface area contributed by atoms with E-state index in [-0.39, 0.29) is 18.1 Å². The molecule has 7 rings (SSSR count). The van der Waals surface area contributed by atoms with E-state index in [9.17, 15) is 9.59 Å². The molecule has 1 aromatic heterocycles. The van der Waals surface area contributed by atoms with E-state index in [0.717, 1.165) is 22.2 Å². The van der Waals surface area contributed by atoms with E-state index in [2.05, 4.69) is 41.7 Å². The van der Waals surface area contributed by atoms with Gasteiger partial charge in [-0.1, -0.05) is 109 Å². The minimum Gasteiger partial charge on any atom is -0.444 e. The van der Waals surface area contributed by atoms with Crippen LogP contribution >= 0.6 is 0 Å². The standard InChI is InChI=1S/C43H42FN5O3/c1-42(2,3)52-41(51)48-26-14-15-30(28-48)40(50)46-39-35-27-29(34-22-13-23-36(45)38(34)44)24-25-37(35)49(47-39)43(31-16-7-4-8-17-31,32-18-9-5-10-19-32)33-20-11-6-12-21-33/h4-13,16-25,27,30H,14-15,26,28,45H2,1-3H3,(H,46,47,50). The number of anilines is 2. The van der Waals surface area contributed by atoms with Crippen molar-refractivity contribution in [2.75, 3.05) is 24.1 Å². The molecule has 3 N–H and O–H groups in total. The number of carbonyl (C=O) groups excluding carboxylic acids is 2. The number of nitrogen functional groups attached to an aromatic ring is 1. The number of carbonyl (C=O) groups is 2.